The highest BCUT2D eigenvalue weighted by atomic mass is 15.1. The van der Waals surface area contributed by atoms with E-state index in [1.165, 1.54) is 57.9 Å². The SMILES string of the molecule is CNC(CCN(C)CCCN)C1CCCCCCC1. The van der Waals surface area contributed by atoms with Gasteiger partial charge >= 0.3 is 0 Å². The number of nitrogens with zero attached hydrogens (tertiary/aromatic N) is 1. The summed E-state index contributed by atoms with van der Waals surface area (Å²) in [7, 11) is 4.36. The standard InChI is InChI=1S/C16H35N3/c1-18-16(11-14-19(2)13-8-12-17)15-9-6-4-3-5-7-10-15/h15-16,18H,3-14,17H2,1-2H3. The molecular formula is C16H35N3. The fourth-order valence-corrected chi connectivity index (χ4v) is 3.34. The summed E-state index contributed by atoms with van der Waals surface area (Å²) < 4.78 is 0. The molecule has 0 radical (unpaired) electrons. The first-order valence-electron chi connectivity index (χ1n) is 8.33. The number of nitrogens with one attached hydrogen (secondary N) is 1. The smallest absolute Gasteiger partial charge is 0.0104 e. The van der Waals surface area contributed by atoms with Crippen LogP contribution in [0, 0.1) is 5.92 Å². The van der Waals surface area contributed by atoms with Gasteiger partial charge < -0.3 is 16.0 Å². The van der Waals surface area contributed by atoms with E-state index in [-0.39, 0.29) is 0 Å². The van der Waals surface area contributed by atoms with E-state index in [2.05, 4.69) is 24.3 Å². The quantitative estimate of drug-likeness (QED) is 0.712. The van der Waals surface area contributed by atoms with Crippen LogP contribution in [0.5, 0.6) is 0 Å². The van der Waals surface area contributed by atoms with Crippen LogP contribution in [0.1, 0.15) is 57.8 Å². The Morgan fingerprint density at radius 2 is 1.74 bits per heavy atom. The summed E-state index contributed by atoms with van der Waals surface area (Å²) in [4.78, 5) is 2.43. The molecule has 1 aliphatic carbocycles. The van der Waals surface area contributed by atoms with Crippen molar-refractivity contribution in [2.45, 2.75) is 63.8 Å². The maximum absolute atomic E-state index is 5.57. The lowest BCUT2D eigenvalue weighted by molar-refractivity contribution is 0.246. The van der Waals surface area contributed by atoms with Crippen molar-refractivity contribution in [3.63, 3.8) is 0 Å². The molecule has 1 aliphatic rings. The molecule has 3 heteroatoms. The van der Waals surface area contributed by atoms with Crippen LogP contribution >= 0.6 is 0 Å². The van der Waals surface area contributed by atoms with Crippen molar-refractivity contribution < 1.29 is 0 Å². The van der Waals surface area contributed by atoms with Gasteiger partial charge in [-0.05, 0) is 65.3 Å². The lowest BCUT2D eigenvalue weighted by Crippen LogP contribution is -2.37. The maximum Gasteiger partial charge on any atom is 0.0104 e. The Bertz CT molecular complexity index is 200. The average molecular weight is 269 g/mol. The van der Waals surface area contributed by atoms with Gasteiger partial charge in [0.15, 0.2) is 0 Å². The summed E-state index contributed by atoms with van der Waals surface area (Å²) in [5.41, 5.74) is 5.57. The van der Waals surface area contributed by atoms with Gasteiger partial charge in [0.05, 0.1) is 0 Å². The molecule has 1 saturated carbocycles. The predicted octanol–water partition coefficient (Wildman–Crippen LogP) is 2.61. The highest BCUT2D eigenvalue weighted by Crippen LogP contribution is 2.26. The van der Waals surface area contributed by atoms with E-state index in [0.717, 1.165) is 25.4 Å². The zero-order valence-corrected chi connectivity index (χ0v) is 13.2. The van der Waals surface area contributed by atoms with E-state index in [1.807, 2.05) is 0 Å². The third-order valence-electron chi connectivity index (χ3n) is 4.66. The molecule has 3 nitrogen and oxygen atoms in total. The fourth-order valence-electron chi connectivity index (χ4n) is 3.34. The number of rotatable bonds is 8. The van der Waals surface area contributed by atoms with Crippen molar-refractivity contribution in [3.05, 3.63) is 0 Å². The van der Waals surface area contributed by atoms with Gasteiger partial charge in [-0.3, -0.25) is 0 Å². The Hall–Kier alpha value is -0.120. The summed E-state index contributed by atoms with van der Waals surface area (Å²) >= 11 is 0. The van der Waals surface area contributed by atoms with Gasteiger partial charge in [0.2, 0.25) is 0 Å². The van der Waals surface area contributed by atoms with Gasteiger partial charge in [-0.15, -0.1) is 0 Å². The van der Waals surface area contributed by atoms with Gasteiger partial charge in [0, 0.05) is 6.04 Å². The van der Waals surface area contributed by atoms with Gasteiger partial charge in [0.1, 0.15) is 0 Å². The summed E-state index contributed by atoms with van der Waals surface area (Å²) in [5.74, 6) is 0.896. The summed E-state index contributed by atoms with van der Waals surface area (Å²) in [5, 5.41) is 3.58. The summed E-state index contributed by atoms with van der Waals surface area (Å²) in [6, 6.07) is 0.707. The van der Waals surface area contributed by atoms with Crippen LogP contribution in [-0.2, 0) is 0 Å². The molecule has 0 aromatic carbocycles. The summed E-state index contributed by atoms with van der Waals surface area (Å²) in [6.07, 6.45) is 12.5. The van der Waals surface area contributed by atoms with E-state index >= 15 is 0 Å². The first-order chi connectivity index (χ1) is 9.27. The first-order valence-corrected chi connectivity index (χ1v) is 8.33. The number of hydrogen-bond donors (Lipinski definition) is 2. The van der Waals surface area contributed by atoms with Crippen molar-refractivity contribution in [3.8, 4) is 0 Å². The zero-order chi connectivity index (χ0) is 13.9. The third-order valence-corrected chi connectivity index (χ3v) is 4.66. The highest BCUT2D eigenvalue weighted by Gasteiger charge is 2.20. The largest absolute Gasteiger partial charge is 0.330 e. The van der Waals surface area contributed by atoms with Crippen molar-refractivity contribution in [1.82, 2.24) is 10.2 Å². The molecule has 0 heterocycles. The topological polar surface area (TPSA) is 41.3 Å². The molecule has 19 heavy (non-hydrogen) atoms. The second-order valence-corrected chi connectivity index (χ2v) is 6.23. The van der Waals surface area contributed by atoms with Crippen LogP contribution in [0.3, 0.4) is 0 Å². The van der Waals surface area contributed by atoms with Crippen LogP contribution in [0.25, 0.3) is 0 Å². The molecule has 0 spiro atoms. The molecule has 0 aliphatic heterocycles. The molecule has 0 aromatic rings. The Kier molecular flexibility index (Phi) is 9.48. The molecule has 0 amide bonds. The molecule has 114 valence electrons. The Morgan fingerprint density at radius 3 is 2.32 bits per heavy atom. The lowest BCUT2D eigenvalue weighted by Gasteiger charge is -2.30. The van der Waals surface area contributed by atoms with Crippen LogP contribution in [-0.4, -0.2) is 44.7 Å². The van der Waals surface area contributed by atoms with E-state index in [9.17, 15) is 0 Å². The average Bonchev–Trinajstić information content (AvgIpc) is 2.38. The molecule has 0 saturated heterocycles. The van der Waals surface area contributed by atoms with Crippen LogP contribution < -0.4 is 11.1 Å². The lowest BCUT2D eigenvalue weighted by atomic mass is 9.84. The van der Waals surface area contributed by atoms with Crippen molar-refractivity contribution in [2.75, 3.05) is 33.7 Å². The van der Waals surface area contributed by atoms with Gasteiger partial charge in [-0.1, -0.05) is 32.1 Å². The van der Waals surface area contributed by atoms with Gasteiger partial charge in [-0.25, -0.2) is 0 Å². The van der Waals surface area contributed by atoms with Crippen LogP contribution in [0.2, 0.25) is 0 Å². The molecule has 0 bridgehead atoms. The Morgan fingerprint density at radius 1 is 1.11 bits per heavy atom. The Balaban J connectivity index is 2.29. The molecule has 1 fully saturated rings. The van der Waals surface area contributed by atoms with E-state index in [0.29, 0.717) is 6.04 Å². The minimum atomic E-state index is 0.707. The minimum absolute atomic E-state index is 0.707. The molecule has 3 N–H and O–H groups in total. The first kappa shape index (κ1) is 16.9. The fraction of sp³-hybridized carbons (Fsp3) is 1.00. The highest BCUT2D eigenvalue weighted by molar-refractivity contribution is 4.77. The van der Waals surface area contributed by atoms with Crippen LogP contribution in [0.4, 0.5) is 0 Å². The molecule has 0 aromatic heterocycles. The second-order valence-electron chi connectivity index (χ2n) is 6.23. The van der Waals surface area contributed by atoms with Crippen molar-refractivity contribution in [1.29, 1.82) is 0 Å². The van der Waals surface area contributed by atoms with E-state index in [1.54, 1.807) is 0 Å². The van der Waals surface area contributed by atoms with Gasteiger partial charge in [-0.2, -0.15) is 0 Å². The van der Waals surface area contributed by atoms with Crippen molar-refractivity contribution in [2.24, 2.45) is 11.7 Å². The van der Waals surface area contributed by atoms with Gasteiger partial charge in [0.25, 0.3) is 0 Å². The Labute approximate surface area is 120 Å². The molecule has 1 unspecified atom stereocenters. The monoisotopic (exact) mass is 269 g/mol. The molecule has 1 rings (SSSR count). The van der Waals surface area contributed by atoms with Crippen molar-refractivity contribution >= 4 is 0 Å². The van der Waals surface area contributed by atoms with E-state index < -0.39 is 0 Å². The number of hydrogen-bond acceptors (Lipinski definition) is 3. The predicted molar refractivity (Wildman–Crippen MR) is 84.4 cm³/mol. The normalized spacial score (nSPS) is 20.2. The third kappa shape index (κ3) is 7.28. The second kappa shape index (κ2) is 10.6. The summed E-state index contributed by atoms with van der Waals surface area (Å²) in [6.45, 7) is 3.14. The maximum atomic E-state index is 5.57. The van der Waals surface area contributed by atoms with Crippen LogP contribution in [0.15, 0.2) is 0 Å². The zero-order valence-electron chi connectivity index (χ0n) is 13.2. The van der Waals surface area contributed by atoms with E-state index in [4.69, 9.17) is 5.73 Å². The minimum Gasteiger partial charge on any atom is -0.330 e. The molecule has 1 atom stereocenters. The molecular weight excluding hydrogens is 234 g/mol. The number of nitrogens with two attached hydrogens (primary N) is 1.